The third kappa shape index (κ3) is 3.75. The van der Waals surface area contributed by atoms with E-state index in [0.29, 0.717) is 23.0 Å². The van der Waals surface area contributed by atoms with Gasteiger partial charge in [0.25, 0.3) is 5.56 Å². The van der Waals surface area contributed by atoms with Gasteiger partial charge in [0, 0.05) is 24.7 Å². The summed E-state index contributed by atoms with van der Waals surface area (Å²) in [7, 11) is 1.62. The molecule has 0 aliphatic carbocycles. The number of rotatable bonds is 4. The Labute approximate surface area is 159 Å². The lowest BCUT2D eigenvalue weighted by atomic mass is 10.2. The Balaban J connectivity index is 1.66. The van der Waals surface area contributed by atoms with Crippen LogP contribution in [-0.4, -0.2) is 32.1 Å². The van der Waals surface area contributed by atoms with Gasteiger partial charge in [0.05, 0.1) is 0 Å². The lowest BCUT2D eigenvalue weighted by Crippen LogP contribution is -2.26. The topological polar surface area (TPSA) is 69.0 Å². The summed E-state index contributed by atoms with van der Waals surface area (Å²) in [6.45, 7) is 0. The van der Waals surface area contributed by atoms with E-state index >= 15 is 0 Å². The van der Waals surface area contributed by atoms with E-state index in [1.165, 1.54) is 16.7 Å². The molecular weight excluding hydrogens is 367 g/mol. The number of nitrogens with zero attached hydrogens (tertiary/aromatic N) is 3. The fraction of sp³-hybridized carbons (Fsp3) is 0.316. The molecule has 1 N–H and O–H groups in total. The second-order valence-electron chi connectivity index (χ2n) is 6.41. The molecule has 1 aromatic carbocycles. The number of anilines is 1. The maximum absolute atomic E-state index is 13.8. The minimum absolute atomic E-state index is 0.00308. The highest BCUT2D eigenvalue weighted by Gasteiger charge is 2.16. The second kappa shape index (κ2) is 7.56. The summed E-state index contributed by atoms with van der Waals surface area (Å²) in [4.78, 5) is 21.5. The van der Waals surface area contributed by atoms with Crippen molar-refractivity contribution < 1.29 is 9.13 Å². The molecule has 1 fully saturated rings. The molecule has 0 unspecified atom stereocenters. The fourth-order valence-corrected chi connectivity index (χ4v) is 4.14. The number of para-hydroxylation sites is 1. The quantitative estimate of drug-likeness (QED) is 0.739. The van der Waals surface area contributed by atoms with Crippen LogP contribution >= 0.6 is 11.8 Å². The number of hydrogen-bond donors (Lipinski definition) is 1. The molecule has 0 saturated carbocycles. The molecule has 0 amide bonds. The first-order valence-electron chi connectivity index (χ1n) is 8.75. The number of thioether (sulfide) groups is 1. The lowest BCUT2D eigenvalue weighted by molar-refractivity contribution is 0.434. The monoisotopic (exact) mass is 386 g/mol. The van der Waals surface area contributed by atoms with Crippen molar-refractivity contribution in [2.45, 2.75) is 18.9 Å². The molecule has 1 aliphatic heterocycles. The zero-order valence-electron chi connectivity index (χ0n) is 14.8. The summed E-state index contributed by atoms with van der Waals surface area (Å²) in [5, 5.41) is 4.00. The average Bonchev–Trinajstić information content (AvgIpc) is 2.69. The van der Waals surface area contributed by atoms with E-state index in [0.717, 1.165) is 24.3 Å². The predicted octanol–water partition coefficient (Wildman–Crippen LogP) is 3.57. The summed E-state index contributed by atoms with van der Waals surface area (Å²) < 4.78 is 20.7. The van der Waals surface area contributed by atoms with Gasteiger partial charge in [-0.15, -0.1) is 0 Å². The normalized spacial score (nSPS) is 15.0. The van der Waals surface area contributed by atoms with Gasteiger partial charge >= 0.3 is 0 Å². The number of fused-ring (bicyclic) bond motifs is 1. The molecule has 0 spiro atoms. The van der Waals surface area contributed by atoms with E-state index in [1.54, 1.807) is 31.4 Å². The Bertz CT molecular complexity index is 1030. The molecule has 3 heterocycles. The van der Waals surface area contributed by atoms with Gasteiger partial charge in [0.2, 0.25) is 5.95 Å². The minimum atomic E-state index is -0.527. The summed E-state index contributed by atoms with van der Waals surface area (Å²) in [5.74, 6) is 2.27. The number of benzene rings is 1. The van der Waals surface area contributed by atoms with Crippen LogP contribution in [0.15, 0.2) is 41.3 Å². The van der Waals surface area contributed by atoms with Crippen molar-refractivity contribution in [2.75, 3.05) is 16.8 Å². The number of halogens is 1. The molecule has 27 heavy (non-hydrogen) atoms. The van der Waals surface area contributed by atoms with Crippen LogP contribution in [0.1, 0.15) is 12.8 Å². The van der Waals surface area contributed by atoms with Crippen LogP contribution in [0.3, 0.4) is 0 Å². The highest BCUT2D eigenvalue weighted by atomic mass is 32.2. The number of ether oxygens (including phenoxy) is 1. The van der Waals surface area contributed by atoms with E-state index in [9.17, 15) is 9.18 Å². The van der Waals surface area contributed by atoms with Crippen LogP contribution in [0, 0.1) is 5.82 Å². The van der Waals surface area contributed by atoms with E-state index in [2.05, 4.69) is 15.3 Å². The van der Waals surface area contributed by atoms with Crippen molar-refractivity contribution in [1.82, 2.24) is 14.5 Å². The summed E-state index contributed by atoms with van der Waals surface area (Å²) >= 11 is 1.95. The molecule has 1 saturated heterocycles. The van der Waals surface area contributed by atoms with Crippen molar-refractivity contribution in [1.29, 1.82) is 0 Å². The molecule has 0 atom stereocenters. The van der Waals surface area contributed by atoms with E-state index in [4.69, 9.17) is 4.74 Å². The molecule has 0 radical (unpaired) electrons. The molecule has 3 aromatic rings. The Kier molecular flexibility index (Phi) is 4.98. The minimum Gasteiger partial charge on any atom is -0.448 e. The summed E-state index contributed by atoms with van der Waals surface area (Å²) in [5.41, 5.74) is 0.119. The van der Waals surface area contributed by atoms with Gasteiger partial charge in [-0.25, -0.2) is 9.37 Å². The highest BCUT2D eigenvalue weighted by Crippen LogP contribution is 2.24. The van der Waals surface area contributed by atoms with E-state index in [-0.39, 0.29) is 17.1 Å². The molecule has 1 aliphatic rings. The number of pyridine rings is 1. The summed E-state index contributed by atoms with van der Waals surface area (Å²) in [6.07, 6.45) is 3.79. The van der Waals surface area contributed by atoms with E-state index < -0.39 is 5.82 Å². The zero-order chi connectivity index (χ0) is 18.8. The van der Waals surface area contributed by atoms with Gasteiger partial charge in [0.15, 0.2) is 17.3 Å². The molecular formula is C19H19FN4O2S. The van der Waals surface area contributed by atoms with Gasteiger partial charge in [-0.05, 0) is 42.5 Å². The maximum Gasteiger partial charge on any atom is 0.294 e. The van der Waals surface area contributed by atoms with E-state index in [1.807, 2.05) is 11.8 Å². The van der Waals surface area contributed by atoms with Crippen molar-refractivity contribution in [2.24, 2.45) is 7.05 Å². The highest BCUT2D eigenvalue weighted by molar-refractivity contribution is 7.99. The molecule has 8 heteroatoms. The smallest absolute Gasteiger partial charge is 0.294 e. The molecule has 140 valence electrons. The third-order valence-corrected chi connectivity index (χ3v) is 5.58. The van der Waals surface area contributed by atoms with Crippen molar-refractivity contribution >= 4 is 28.7 Å². The van der Waals surface area contributed by atoms with Crippen LogP contribution in [-0.2, 0) is 7.05 Å². The van der Waals surface area contributed by atoms with Crippen LogP contribution in [0.4, 0.5) is 10.3 Å². The molecule has 0 bridgehead atoms. The van der Waals surface area contributed by atoms with Crippen molar-refractivity contribution in [3.05, 3.63) is 52.7 Å². The van der Waals surface area contributed by atoms with Crippen LogP contribution < -0.4 is 15.6 Å². The Hall–Kier alpha value is -2.61. The first-order chi connectivity index (χ1) is 13.1. The third-order valence-electron chi connectivity index (χ3n) is 4.53. The average molecular weight is 386 g/mol. The maximum atomic E-state index is 13.8. The largest absolute Gasteiger partial charge is 0.448 e. The predicted molar refractivity (Wildman–Crippen MR) is 105 cm³/mol. The Morgan fingerprint density at radius 3 is 2.81 bits per heavy atom. The van der Waals surface area contributed by atoms with Gasteiger partial charge in [-0.3, -0.25) is 9.36 Å². The number of hydrogen-bond acceptors (Lipinski definition) is 6. The lowest BCUT2D eigenvalue weighted by Gasteiger charge is -2.22. The second-order valence-corrected chi connectivity index (χ2v) is 7.63. The van der Waals surface area contributed by atoms with Crippen LogP contribution in [0.2, 0.25) is 0 Å². The van der Waals surface area contributed by atoms with Gasteiger partial charge in [-0.2, -0.15) is 16.7 Å². The fourth-order valence-electron chi connectivity index (χ4n) is 3.03. The van der Waals surface area contributed by atoms with Crippen LogP contribution in [0.5, 0.6) is 11.5 Å². The molecule has 4 rings (SSSR count). The standard InChI is InChI=1S/C19H19FN4O2S/c1-24-17-12(11-21-19(23-17)22-13-6-8-27-9-7-13)10-16(18(24)25)26-15-5-3-2-4-14(15)20/h2-5,10-11,13H,6-9H2,1H3,(H,21,22,23). The van der Waals surface area contributed by atoms with Crippen LogP contribution in [0.25, 0.3) is 11.0 Å². The van der Waals surface area contributed by atoms with Crippen molar-refractivity contribution in [3.8, 4) is 11.5 Å². The first kappa shape index (κ1) is 17.8. The number of nitrogens with one attached hydrogen (secondary N) is 1. The zero-order valence-corrected chi connectivity index (χ0v) is 15.6. The Morgan fingerprint density at radius 2 is 2.04 bits per heavy atom. The number of aryl methyl sites for hydroxylation is 1. The summed E-state index contributed by atoms with van der Waals surface area (Å²) in [6, 6.07) is 7.87. The number of aromatic nitrogens is 3. The first-order valence-corrected chi connectivity index (χ1v) is 9.91. The van der Waals surface area contributed by atoms with Crippen molar-refractivity contribution in [3.63, 3.8) is 0 Å². The van der Waals surface area contributed by atoms with Gasteiger partial charge in [-0.1, -0.05) is 12.1 Å². The molecule has 6 nitrogen and oxygen atoms in total. The Morgan fingerprint density at radius 1 is 1.26 bits per heavy atom. The van der Waals surface area contributed by atoms with Gasteiger partial charge in [0.1, 0.15) is 5.65 Å². The SMILES string of the molecule is Cn1c(=O)c(Oc2ccccc2F)cc2cnc(NC3CCSCC3)nc21. The van der Waals surface area contributed by atoms with Gasteiger partial charge < -0.3 is 10.1 Å². The molecule has 2 aromatic heterocycles.